The molecule has 2 aliphatic rings. The van der Waals surface area contributed by atoms with Crippen LogP contribution in [0.2, 0.25) is 5.02 Å². The smallest absolute Gasteiger partial charge is 0.262 e. The summed E-state index contributed by atoms with van der Waals surface area (Å²) in [5.74, 6) is -1.24. The van der Waals surface area contributed by atoms with Gasteiger partial charge >= 0.3 is 0 Å². The van der Waals surface area contributed by atoms with Gasteiger partial charge < -0.3 is 19.7 Å². The minimum atomic E-state index is -0.685. The van der Waals surface area contributed by atoms with Crippen molar-refractivity contribution in [1.29, 1.82) is 0 Å². The van der Waals surface area contributed by atoms with Gasteiger partial charge in [0, 0.05) is 18.7 Å². The van der Waals surface area contributed by atoms with Crippen LogP contribution in [0.3, 0.4) is 0 Å². The number of carbonyl (C=O) groups excluding carboxylic acids is 2. The van der Waals surface area contributed by atoms with E-state index in [0.717, 1.165) is 6.07 Å². The molecule has 4 rings (SSSR count). The predicted molar refractivity (Wildman–Crippen MR) is 106 cm³/mol. The van der Waals surface area contributed by atoms with Gasteiger partial charge in [-0.2, -0.15) is 0 Å². The summed E-state index contributed by atoms with van der Waals surface area (Å²) >= 11 is 5.97. The van der Waals surface area contributed by atoms with E-state index in [4.69, 9.17) is 21.1 Å². The zero-order valence-corrected chi connectivity index (χ0v) is 16.7. The van der Waals surface area contributed by atoms with Crippen molar-refractivity contribution < 1.29 is 27.8 Å². The van der Waals surface area contributed by atoms with E-state index < -0.39 is 17.5 Å². The molecule has 6 nitrogen and oxygen atoms in total. The predicted octanol–water partition coefficient (Wildman–Crippen LogP) is 3.88. The van der Waals surface area contributed by atoms with Crippen LogP contribution in [-0.2, 0) is 4.79 Å². The third-order valence-electron chi connectivity index (χ3n) is 5.18. The Hall–Kier alpha value is -2.87. The Balaban J connectivity index is 1.35. The van der Waals surface area contributed by atoms with E-state index in [1.165, 1.54) is 24.3 Å². The Kier molecular flexibility index (Phi) is 5.76. The summed E-state index contributed by atoms with van der Waals surface area (Å²) in [5.41, 5.74) is 0.318. The second-order valence-electron chi connectivity index (χ2n) is 7.29. The van der Waals surface area contributed by atoms with E-state index in [0.29, 0.717) is 38.3 Å². The van der Waals surface area contributed by atoms with Gasteiger partial charge in [-0.1, -0.05) is 11.6 Å². The number of benzene rings is 2. The third kappa shape index (κ3) is 4.33. The fraction of sp³-hybridized carbons (Fsp3) is 0.333. The molecule has 0 aromatic heterocycles. The molecule has 0 saturated carbocycles. The summed E-state index contributed by atoms with van der Waals surface area (Å²) in [6.07, 6.45) is 1.41. The van der Waals surface area contributed by atoms with Crippen molar-refractivity contribution in [2.45, 2.75) is 12.8 Å². The lowest BCUT2D eigenvalue weighted by molar-refractivity contribution is -0.118. The van der Waals surface area contributed by atoms with Gasteiger partial charge in [0.25, 0.3) is 11.8 Å². The maximum Gasteiger partial charge on any atom is 0.262 e. The fourth-order valence-electron chi connectivity index (χ4n) is 3.57. The van der Waals surface area contributed by atoms with Crippen LogP contribution in [0, 0.1) is 17.6 Å². The second-order valence-corrected chi connectivity index (χ2v) is 7.70. The number of nitrogens with one attached hydrogen (secondary N) is 1. The highest BCUT2D eigenvalue weighted by Gasteiger charge is 2.27. The molecular weight excluding hydrogens is 418 g/mol. The van der Waals surface area contributed by atoms with Crippen molar-refractivity contribution in [1.82, 2.24) is 4.90 Å². The molecule has 2 amide bonds. The molecule has 30 heavy (non-hydrogen) atoms. The molecule has 2 aromatic carbocycles. The number of hydrogen-bond donors (Lipinski definition) is 1. The molecule has 0 aliphatic carbocycles. The summed E-state index contributed by atoms with van der Waals surface area (Å²) in [5, 5.41) is 2.74. The molecule has 0 radical (unpaired) electrons. The normalized spacial score (nSPS) is 16.5. The number of fused-ring (bicyclic) bond motifs is 1. The molecule has 0 atom stereocenters. The number of nitrogens with zero attached hydrogens (tertiary/aromatic N) is 1. The van der Waals surface area contributed by atoms with Crippen LogP contribution in [0.4, 0.5) is 14.5 Å². The molecule has 2 aliphatic heterocycles. The summed E-state index contributed by atoms with van der Waals surface area (Å²) < 4.78 is 38.2. The van der Waals surface area contributed by atoms with E-state index in [2.05, 4.69) is 5.32 Å². The van der Waals surface area contributed by atoms with Gasteiger partial charge in [-0.3, -0.25) is 9.59 Å². The van der Waals surface area contributed by atoms with E-state index in [1.807, 2.05) is 0 Å². The van der Waals surface area contributed by atoms with Crippen molar-refractivity contribution in [3.05, 3.63) is 52.6 Å². The molecule has 9 heteroatoms. The summed E-state index contributed by atoms with van der Waals surface area (Å²) in [6, 6.07) is 6.54. The van der Waals surface area contributed by atoms with E-state index in [9.17, 15) is 18.4 Å². The van der Waals surface area contributed by atoms with Gasteiger partial charge in [0.15, 0.2) is 18.2 Å². The minimum absolute atomic E-state index is 0.0542. The molecule has 2 aromatic rings. The number of anilines is 1. The Morgan fingerprint density at radius 3 is 2.73 bits per heavy atom. The van der Waals surface area contributed by atoms with Gasteiger partial charge in [-0.15, -0.1) is 0 Å². The van der Waals surface area contributed by atoms with Gasteiger partial charge in [-0.25, -0.2) is 8.78 Å². The zero-order valence-electron chi connectivity index (χ0n) is 15.9. The molecule has 1 saturated heterocycles. The molecule has 0 bridgehead atoms. The maximum absolute atomic E-state index is 14.3. The highest BCUT2D eigenvalue weighted by atomic mass is 35.5. The largest absolute Gasteiger partial charge is 0.492 e. The van der Waals surface area contributed by atoms with Gasteiger partial charge in [0.1, 0.15) is 11.6 Å². The van der Waals surface area contributed by atoms with E-state index >= 15 is 0 Å². The number of piperidine rings is 1. The van der Waals surface area contributed by atoms with Gasteiger partial charge in [0.2, 0.25) is 0 Å². The number of amides is 2. The van der Waals surface area contributed by atoms with Gasteiger partial charge in [0.05, 0.1) is 17.3 Å². The molecular formula is C21H19ClF2N2O4. The SMILES string of the molecule is O=C1COc2c(F)cc(C(=O)N3CCC(COc4ccc(F)cc4Cl)CC3)cc2N1. The lowest BCUT2D eigenvalue weighted by Crippen LogP contribution is -2.39. The first-order valence-electron chi connectivity index (χ1n) is 9.54. The zero-order chi connectivity index (χ0) is 21.3. The first kappa shape index (κ1) is 20.4. The maximum atomic E-state index is 14.3. The van der Waals surface area contributed by atoms with Crippen LogP contribution in [0.25, 0.3) is 0 Å². The van der Waals surface area contributed by atoms with Crippen molar-refractivity contribution in [2.75, 3.05) is 31.6 Å². The number of halogens is 3. The minimum Gasteiger partial charge on any atom is -0.492 e. The lowest BCUT2D eigenvalue weighted by Gasteiger charge is -2.32. The second kappa shape index (κ2) is 8.47. The molecule has 0 spiro atoms. The van der Waals surface area contributed by atoms with Crippen molar-refractivity contribution in [2.24, 2.45) is 5.92 Å². The van der Waals surface area contributed by atoms with Crippen molar-refractivity contribution >= 4 is 29.1 Å². The quantitative estimate of drug-likeness (QED) is 0.789. The van der Waals surface area contributed by atoms with Crippen molar-refractivity contribution in [3.63, 3.8) is 0 Å². The number of carbonyl (C=O) groups is 2. The number of hydrogen-bond acceptors (Lipinski definition) is 4. The standard InChI is InChI=1S/C21H19ClF2N2O4/c22-15-9-14(23)1-2-18(15)29-10-12-3-5-26(6-4-12)21(28)13-7-16(24)20-17(8-13)25-19(27)11-30-20/h1-2,7-9,12H,3-6,10-11H2,(H,25,27). The Bertz CT molecular complexity index is 993. The highest BCUT2D eigenvalue weighted by Crippen LogP contribution is 2.33. The van der Waals surface area contributed by atoms with Crippen LogP contribution in [0.15, 0.2) is 30.3 Å². The van der Waals surface area contributed by atoms with Gasteiger partial charge in [-0.05, 0) is 49.1 Å². The van der Waals surface area contributed by atoms with Crippen LogP contribution in [-0.4, -0.2) is 43.0 Å². The summed E-state index contributed by atoms with van der Waals surface area (Å²) in [7, 11) is 0. The fourth-order valence-corrected chi connectivity index (χ4v) is 3.79. The average molecular weight is 437 g/mol. The molecule has 2 heterocycles. The molecule has 1 N–H and O–H groups in total. The van der Waals surface area contributed by atoms with E-state index in [-0.39, 0.29) is 40.5 Å². The van der Waals surface area contributed by atoms with Crippen LogP contribution in [0.5, 0.6) is 11.5 Å². The Morgan fingerprint density at radius 1 is 1.23 bits per heavy atom. The molecule has 0 unspecified atom stereocenters. The molecule has 1 fully saturated rings. The van der Waals surface area contributed by atoms with E-state index in [1.54, 1.807) is 4.90 Å². The van der Waals surface area contributed by atoms with Crippen LogP contribution < -0.4 is 14.8 Å². The number of rotatable bonds is 4. The topological polar surface area (TPSA) is 67.9 Å². The average Bonchev–Trinajstić information content (AvgIpc) is 2.72. The first-order valence-corrected chi connectivity index (χ1v) is 9.92. The van der Waals surface area contributed by atoms with Crippen LogP contribution in [0.1, 0.15) is 23.2 Å². The number of ether oxygens (including phenoxy) is 2. The first-order chi connectivity index (χ1) is 14.4. The number of likely N-dealkylation sites (tertiary alicyclic amines) is 1. The highest BCUT2D eigenvalue weighted by molar-refractivity contribution is 6.32. The third-order valence-corrected chi connectivity index (χ3v) is 5.48. The lowest BCUT2D eigenvalue weighted by atomic mass is 9.97. The van der Waals surface area contributed by atoms with Crippen molar-refractivity contribution in [3.8, 4) is 11.5 Å². The van der Waals surface area contributed by atoms with Crippen LogP contribution >= 0.6 is 11.6 Å². The monoisotopic (exact) mass is 436 g/mol. The summed E-state index contributed by atoms with van der Waals surface area (Å²) in [6.45, 7) is 1.14. The molecule has 158 valence electrons. The summed E-state index contributed by atoms with van der Waals surface area (Å²) in [4.78, 5) is 25.9. The Morgan fingerprint density at radius 2 is 2.00 bits per heavy atom. The Labute approximate surface area is 176 Å².